The molecule has 0 aliphatic carbocycles. The minimum Gasteiger partial charge on any atom is -0.251 e. The van der Waals surface area contributed by atoms with E-state index in [0.717, 1.165) is 12.3 Å². The van der Waals surface area contributed by atoms with Crippen molar-refractivity contribution in [1.29, 1.82) is 0 Å². The van der Waals surface area contributed by atoms with Crippen molar-refractivity contribution in [3.05, 3.63) is 29.6 Å². The first-order valence-corrected chi connectivity index (χ1v) is 5.42. The van der Waals surface area contributed by atoms with Gasteiger partial charge in [-0.25, -0.2) is 13.6 Å². The third kappa shape index (κ3) is 3.84. The molecule has 0 radical (unpaired) electrons. The van der Waals surface area contributed by atoms with E-state index in [0.29, 0.717) is 6.07 Å². The lowest BCUT2D eigenvalue weighted by Gasteiger charge is -2.05. The molecule has 4 nitrogen and oxygen atoms in total. The van der Waals surface area contributed by atoms with Crippen molar-refractivity contribution in [2.45, 2.75) is 11.9 Å². The highest BCUT2D eigenvalue weighted by Crippen LogP contribution is 2.27. The summed E-state index contributed by atoms with van der Waals surface area (Å²) in [6.45, 7) is 0. The molecule has 1 aromatic heterocycles. The number of rotatable bonds is 2. The van der Waals surface area contributed by atoms with Crippen LogP contribution in [0.2, 0.25) is 0 Å². The third-order valence-electron chi connectivity index (χ3n) is 1.48. The monoisotopic (exact) mass is 240 g/mol. The van der Waals surface area contributed by atoms with Gasteiger partial charge in [0.1, 0.15) is 5.69 Å². The van der Waals surface area contributed by atoms with Gasteiger partial charge < -0.3 is 0 Å². The van der Waals surface area contributed by atoms with Crippen LogP contribution in [0.1, 0.15) is 11.3 Å². The molecular weight excluding hydrogens is 233 g/mol. The van der Waals surface area contributed by atoms with E-state index < -0.39 is 27.6 Å². The van der Waals surface area contributed by atoms with Crippen LogP contribution < -0.4 is 5.14 Å². The lowest BCUT2D eigenvalue weighted by Crippen LogP contribution is -2.15. The molecule has 1 heterocycles. The topological polar surface area (TPSA) is 73.1 Å². The maximum Gasteiger partial charge on any atom is 0.433 e. The Hall–Kier alpha value is -1.15. The summed E-state index contributed by atoms with van der Waals surface area (Å²) in [5.74, 6) is -0.530. The summed E-state index contributed by atoms with van der Waals surface area (Å²) >= 11 is 0. The standard InChI is InChI=1S/C7H7F3N2O2S/c8-7(9,10)6-2-1-5(3-12-6)4-15(11,13)14/h1-3H,4H2,(H2,11,13,14). The van der Waals surface area contributed by atoms with Crippen molar-refractivity contribution in [1.82, 2.24) is 4.98 Å². The fraction of sp³-hybridized carbons (Fsp3) is 0.286. The van der Waals surface area contributed by atoms with Crippen molar-refractivity contribution in [2.75, 3.05) is 0 Å². The average molecular weight is 240 g/mol. The van der Waals surface area contributed by atoms with E-state index >= 15 is 0 Å². The molecule has 0 amide bonds. The Labute approximate surface area is 84.0 Å². The van der Waals surface area contributed by atoms with E-state index in [-0.39, 0.29) is 5.56 Å². The summed E-state index contributed by atoms with van der Waals surface area (Å²) in [6, 6.07) is 1.74. The first-order valence-electron chi connectivity index (χ1n) is 3.71. The van der Waals surface area contributed by atoms with Crippen molar-refractivity contribution in [2.24, 2.45) is 5.14 Å². The maximum absolute atomic E-state index is 12.1. The molecule has 0 aliphatic heterocycles. The Balaban J connectivity index is 2.91. The van der Waals surface area contributed by atoms with Crippen LogP contribution in [-0.2, 0) is 22.0 Å². The lowest BCUT2D eigenvalue weighted by molar-refractivity contribution is -0.141. The molecule has 0 spiro atoms. The summed E-state index contributed by atoms with van der Waals surface area (Å²) < 4.78 is 57.4. The summed E-state index contributed by atoms with van der Waals surface area (Å²) in [5.41, 5.74) is -0.953. The van der Waals surface area contributed by atoms with Crippen LogP contribution in [0, 0.1) is 0 Å². The first-order chi connectivity index (χ1) is 6.68. The van der Waals surface area contributed by atoms with Gasteiger partial charge in [0.15, 0.2) is 0 Å². The van der Waals surface area contributed by atoms with E-state index in [1.54, 1.807) is 0 Å². The van der Waals surface area contributed by atoms with Gasteiger partial charge in [-0.05, 0) is 11.6 Å². The van der Waals surface area contributed by atoms with Gasteiger partial charge in [0.25, 0.3) is 0 Å². The first kappa shape index (κ1) is 11.9. The molecule has 0 aliphatic rings. The zero-order valence-corrected chi connectivity index (χ0v) is 8.14. The number of hydrogen-bond donors (Lipinski definition) is 1. The number of halogens is 3. The number of nitrogens with two attached hydrogens (primary N) is 1. The van der Waals surface area contributed by atoms with Crippen LogP contribution in [0.5, 0.6) is 0 Å². The van der Waals surface area contributed by atoms with E-state index in [9.17, 15) is 21.6 Å². The highest BCUT2D eigenvalue weighted by atomic mass is 32.2. The molecule has 0 saturated heterocycles. The third-order valence-corrected chi connectivity index (χ3v) is 2.22. The van der Waals surface area contributed by atoms with E-state index in [1.807, 2.05) is 0 Å². The Morgan fingerprint density at radius 1 is 1.33 bits per heavy atom. The molecule has 2 N–H and O–H groups in total. The molecule has 0 saturated carbocycles. The fourth-order valence-corrected chi connectivity index (χ4v) is 1.55. The number of nitrogens with zero attached hydrogens (tertiary/aromatic N) is 1. The summed E-state index contributed by atoms with van der Waals surface area (Å²) in [4.78, 5) is 3.09. The van der Waals surface area contributed by atoms with Crippen LogP contribution in [0.15, 0.2) is 18.3 Å². The van der Waals surface area contributed by atoms with Gasteiger partial charge in [-0.2, -0.15) is 13.2 Å². The largest absolute Gasteiger partial charge is 0.433 e. The van der Waals surface area contributed by atoms with Gasteiger partial charge in [-0.3, -0.25) is 4.98 Å². The minimum atomic E-state index is -4.53. The van der Waals surface area contributed by atoms with Crippen LogP contribution in [0.4, 0.5) is 13.2 Å². The molecule has 0 aromatic carbocycles. The molecule has 0 bridgehead atoms. The highest BCUT2D eigenvalue weighted by Gasteiger charge is 2.32. The molecular formula is C7H7F3N2O2S. The zero-order valence-electron chi connectivity index (χ0n) is 7.32. The molecule has 0 fully saturated rings. The Bertz CT molecular complexity index is 438. The Morgan fingerprint density at radius 3 is 2.27 bits per heavy atom. The number of pyridine rings is 1. The van der Waals surface area contributed by atoms with Crippen molar-refractivity contribution in [3.8, 4) is 0 Å². The van der Waals surface area contributed by atoms with Crippen molar-refractivity contribution < 1.29 is 21.6 Å². The van der Waals surface area contributed by atoms with E-state index in [4.69, 9.17) is 5.14 Å². The predicted molar refractivity (Wildman–Crippen MR) is 46.1 cm³/mol. The van der Waals surface area contributed by atoms with Gasteiger partial charge in [-0.15, -0.1) is 0 Å². The summed E-state index contributed by atoms with van der Waals surface area (Å²) in [7, 11) is -3.75. The molecule has 8 heteroatoms. The fourth-order valence-electron chi connectivity index (χ4n) is 0.910. The molecule has 1 rings (SSSR count). The van der Waals surface area contributed by atoms with Gasteiger partial charge in [-0.1, -0.05) is 6.07 Å². The number of hydrogen-bond acceptors (Lipinski definition) is 3. The molecule has 84 valence electrons. The van der Waals surface area contributed by atoms with Crippen molar-refractivity contribution in [3.63, 3.8) is 0 Å². The number of alkyl halides is 3. The Morgan fingerprint density at radius 2 is 1.93 bits per heavy atom. The van der Waals surface area contributed by atoms with Gasteiger partial charge in [0.2, 0.25) is 10.0 Å². The molecule has 0 unspecified atom stereocenters. The van der Waals surface area contributed by atoms with Crippen LogP contribution >= 0.6 is 0 Å². The SMILES string of the molecule is NS(=O)(=O)Cc1ccc(C(F)(F)F)nc1. The second kappa shape index (κ2) is 3.78. The lowest BCUT2D eigenvalue weighted by atomic mass is 10.3. The van der Waals surface area contributed by atoms with Gasteiger partial charge in [0.05, 0.1) is 5.75 Å². The van der Waals surface area contributed by atoms with Crippen LogP contribution in [0.3, 0.4) is 0 Å². The number of sulfonamides is 1. The summed E-state index contributed by atoms with van der Waals surface area (Å²) in [5, 5.41) is 4.71. The van der Waals surface area contributed by atoms with E-state index in [2.05, 4.69) is 4.98 Å². The molecule has 0 atom stereocenters. The van der Waals surface area contributed by atoms with Gasteiger partial charge in [0, 0.05) is 6.20 Å². The quantitative estimate of drug-likeness (QED) is 0.834. The average Bonchev–Trinajstić information content (AvgIpc) is 2.00. The second-order valence-corrected chi connectivity index (χ2v) is 4.47. The van der Waals surface area contributed by atoms with Crippen molar-refractivity contribution >= 4 is 10.0 Å². The number of aromatic nitrogens is 1. The smallest absolute Gasteiger partial charge is 0.251 e. The Kier molecular flexibility index (Phi) is 3.00. The number of primary sulfonamides is 1. The van der Waals surface area contributed by atoms with Crippen LogP contribution in [0.25, 0.3) is 0 Å². The zero-order chi connectivity index (χ0) is 11.7. The molecule has 1 aromatic rings. The van der Waals surface area contributed by atoms with Gasteiger partial charge >= 0.3 is 6.18 Å². The minimum absolute atomic E-state index is 0.116. The highest BCUT2D eigenvalue weighted by molar-refractivity contribution is 7.88. The maximum atomic E-state index is 12.1. The second-order valence-electron chi connectivity index (χ2n) is 2.86. The summed E-state index contributed by atoms with van der Waals surface area (Å²) in [6.07, 6.45) is -3.69. The normalized spacial score (nSPS) is 12.8. The van der Waals surface area contributed by atoms with Crippen LogP contribution in [-0.4, -0.2) is 13.4 Å². The van der Waals surface area contributed by atoms with E-state index in [1.165, 1.54) is 0 Å². The molecule has 15 heavy (non-hydrogen) atoms. The predicted octanol–water partition coefficient (Wildman–Crippen LogP) is 0.889.